The molecule has 14 heavy (non-hydrogen) atoms. The molecule has 0 saturated heterocycles. The summed E-state index contributed by atoms with van der Waals surface area (Å²) in [6.07, 6.45) is 5.41. The first kappa shape index (κ1) is 8.56. The summed E-state index contributed by atoms with van der Waals surface area (Å²) in [7, 11) is 0. The van der Waals surface area contributed by atoms with E-state index in [2.05, 4.69) is 5.10 Å². The van der Waals surface area contributed by atoms with E-state index in [9.17, 15) is 0 Å². The van der Waals surface area contributed by atoms with E-state index in [-0.39, 0.29) is 0 Å². The Morgan fingerprint density at radius 2 is 1.71 bits per heavy atom. The lowest BCUT2D eigenvalue weighted by molar-refractivity contribution is 1.25. The Morgan fingerprint density at radius 1 is 1.07 bits per heavy atom. The molecule has 3 nitrogen and oxygen atoms in total. The topological polar surface area (TPSA) is 64.4 Å². The predicted molar refractivity (Wildman–Crippen MR) is 58.5 cm³/mol. The zero-order valence-electron chi connectivity index (χ0n) is 7.64. The molecule has 0 unspecified atom stereocenters. The summed E-state index contributed by atoms with van der Waals surface area (Å²) in [4.78, 5) is 0. The molecule has 3 heteroatoms. The molecule has 0 aromatic heterocycles. The van der Waals surface area contributed by atoms with Crippen molar-refractivity contribution < 1.29 is 0 Å². The molecule has 2 rings (SSSR count). The average Bonchev–Trinajstić information content (AvgIpc) is 2.27. The molecule has 1 aromatic rings. The number of nitrogens with two attached hydrogens (primary N) is 2. The standard InChI is InChI=1S/C11H11N3/c12-7-10-5-8-3-1-2-4-9(8)6-11(10)14-13/h1-7H,12-13H2/b10-7-,14-11-. The van der Waals surface area contributed by atoms with Crippen molar-refractivity contribution in [1.29, 1.82) is 0 Å². The van der Waals surface area contributed by atoms with Crippen molar-refractivity contribution in [2.45, 2.75) is 0 Å². The van der Waals surface area contributed by atoms with Gasteiger partial charge in [-0.3, -0.25) is 0 Å². The number of hydrazone groups is 1. The third kappa shape index (κ3) is 1.29. The minimum atomic E-state index is 0.714. The maximum Gasteiger partial charge on any atom is 0.0919 e. The van der Waals surface area contributed by atoms with Crippen LogP contribution in [0.2, 0.25) is 0 Å². The van der Waals surface area contributed by atoms with Crippen LogP contribution in [-0.4, -0.2) is 5.71 Å². The van der Waals surface area contributed by atoms with Crippen molar-refractivity contribution in [2.75, 3.05) is 0 Å². The summed E-state index contributed by atoms with van der Waals surface area (Å²) < 4.78 is 0. The Morgan fingerprint density at radius 3 is 2.29 bits per heavy atom. The molecule has 0 radical (unpaired) electrons. The van der Waals surface area contributed by atoms with Gasteiger partial charge in [-0.15, -0.1) is 0 Å². The van der Waals surface area contributed by atoms with Crippen molar-refractivity contribution in [3.8, 4) is 0 Å². The van der Waals surface area contributed by atoms with E-state index in [1.807, 2.05) is 36.4 Å². The highest BCUT2D eigenvalue weighted by atomic mass is 15.1. The third-order valence-electron chi connectivity index (χ3n) is 2.21. The van der Waals surface area contributed by atoms with Gasteiger partial charge in [0.05, 0.1) is 5.71 Å². The second-order valence-electron chi connectivity index (χ2n) is 3.05. The van der Waals surface area contributed by atoms with Crippen molar-refractivity contribution in [2.24, 2.45) is 16.7 Å². The number of allylic oxidation sites excluding steroid dienone is 1. The summed E-state index contributed by atoms with van der Waals surface area (Å²) in [5.41, 5.74) is 7.04. The van der Waals surface area contributed by atoms with E-state index in [0.717, 1.165) is 16.0 Å². The molecular weight excluding hydrogens is 174 g/mol. The van der Waals surface area contributed by atoms with E-state index >= 15 is 0 Å². The molecule has 0 saturated carbocycles. The molecule has 0 heterocycles. The highest BCUT2D eigenvalue weighted by Crippen LogP contribution is 2.01. The summed E-state index contributed by atoms with van der Waals surface area (Å²) in [5, 5.41) is 5.93. The fourth-order valence-electron chi connectivity index (χ4n) is 1.49. The van der Waals surface area contributed by atoms with Gasteiger partial charge in [0.25, 0.3) is 0 Å². The lowest BCUT2D eigenvalue weighted by atomic mass is 10.0. The van der Waals surface area contributed by atoms with Gasteiger partial charge in [-0.2, -0.15) is 5.10 Å². The average molecular weight is 185 g/mol. The van der Waals surface area contributed by atoms with Crippen molar-refractivity contribution in [3.05, 3.63) is 46.5 Å². The number of rotatable bonds is 0. The van der Waals surface area contributed by atoms with Crippen LogP contribution in [0.3, 0.4) is 0 Å². The molecule has 70 valence electrons. The molecule has 1 aliphatic rings. The predicted octanol–water partition coefficient (Wildman–Crippen LogP) is -0.581. The number of nitrogens with zero attached hydrogens (tertiary/aromatic N) is 1. The summed E-state index contributed by atoms with van der Waals surface area (Å²) in [5.74, 6) is 5.27. The lowest BCUT2D eigenvalue weighted by Crippen LogP contribution is -2.30. The maximum atomic E-state index is 5.48. The van der Waals surface area contributed by atoms with Crippen molar-refractivity contribution >= 4 is 17.9 Å². The SMILES string of the molecule is N/C=C1/C=c2ccccc2=C/C1=N/N. The first-order valence-corrected chi connectivity index (χ1v) is 4.34. The summed E-state index contributed by atoms with van der Waals surface area (Å²) in [6, 6.07) is 8.02. The van der Waals surface area contributed by atoms with E-state index in [4.69, 9.17) is 11.6 Å². The van der Waals surface area contributed by atoms with Crippen LogP contribution in [0.1, 0.15) is 0 Å². The smallest absolute Gasteiger partial charge is 0.0919 e. The second kappa shape index (κ2) is 3.38. The first-order chi connectivity index (χ1) is 6.85. The third-order valence-corrected chi connectivity index (χ3v) is 2.21. The van der Waals surface area contributed by atoms with Gasteiger partial charge in [0.2, 0.25) is 0 Å². The van der Waals surface area contributed by atoms with Gasteiger partial charge in [0.15, 0.2) is 0 Å². The van der Waals surface area contributed by atoms with Gasteiger partial charge in [0.1, 0.15) is 0 Å². The molecule has 0 amide bonds. The first-order valence-electron chi connectivity index (χ1n) is 4.34. The number of fused-ring (bicyclic) bond motifs is 1. The van der Waals surface area contributed by atoms with Crippen LogP contribution in [0.5, 0.6) is 0 Å². The monoisotopic (exact) mass is 185 g/mol. The zero-order chi connectivity index (χ0) is 9.97. The minimum Gasteiger partial charge on any atom is -0.404 e. The second-order valence-corrected chi connectivity index (χ2v) is 3.05. The van der Waals surface area contributed by atoms with Crippen LogP contribution in [0.15, 0.2) is 41.1 Å². The Labute approximate surface area is 81.7 Å². The van der Waals surface area contributed by atoms with Gasteiger partial charge in [-0.05, 0) is 22.6 Å². The van der Waals surface area contributed by atoms with Gasteiger partial charge < -0.3 is 11.6 Å². The molecule has 0 spiro atoms. The quantitative estimate of drug-likeness (QED) is 0.419. The van der Waals surface area contributed by atoms with Gasteiger partial charge >= 0.3 is 0 Å². The molecule has 1 aromatic carbocycles. The fourth-order valence-corrected chi connectivity index (χ4v) is 1.49. The number of hydrogen-bond acceptors (Lipinski definition) is 3. The number of hydrogen-bond donors (Lipinski definition) is 2. The maximum absolute atomic E-state index is 5.48. The van der Waals surface area contributed by atoms with E-state index < -0.39 is 0 Å². The van der Waals surface area contributed by atoms with Crippen molar-refractivity contribution in [3.63, 3.8) is 0 Å². The minimum absolute atomic E-state index is 0.714. The van der Waals surface area contributed by atoms with Crippen LogP contribution in [0.4, 0.5) is 0 Å². The molecule has 0 atom stereocenters. The Hall–Kier alpha value is -2.03. The fraction of sp³-hybridized carbons (Fsp3) is 0. The molecule has 0 bridgehead atoms. The van der Waals surface area contributed by atoms with E-state index in [1.165, 1.54) is 6.20 Å². The van der Waals surface area contributed by atoms with E-state index in [0.29, 0.717) is 5.71 Å². The largest absolute Gasteiger partial charge is 0.404 e. The van der Waals surface area contributed by atoms with Crippen LogP contribution in [0.25, 0.3) is 12.2 Å². The van der Waals surface area contributed by atoms with Crippen LogP contribution >= 0.6 is 0 Å². The normalized spacial score (nSPS) is 20.0. The molecule has 0 aliphatic heterocycles. The summed E-state index contributed by atoms with van der Waals surface area (Å²) in [6.45, 7) is 0. The Bertz CT molecular complexity index is 475. The summed E-state index contributed by atoms with van der Waals surface area (Å²) >= 11 is 0. The van der Waals surface area contributed by atoms with Crippen LogP contribution in [-0.2, 0) is 0 Å². The van der Waals surface area contributed by atoms with Crippen LogP contribution < -0.4 is 22.0 Å². The molecule has 1 aliphatic carbocycles. The van der Waals surface area contributed by atoms with E-state index in [1.54, 1.807) is 0 Å². The molecule has 0 fully saturated rings. The molecular formula is C11H11N3. The Balaban J connectivity index is 2.78. The Kier molecular flexibility index (Phi) is 2.07. The zero-order valence-corrected chi connectivity index (χ0v) is 7.64. The van der Waals surface area contributed by atoms with Gasteiger partial charge in [0, 0.05) is 11.8 Å². The van der Waals surface area contributed by atoms with Gasteiger partial charge in [-0.1, -0.05) is 24.3 Å². The van der Waals surface area contributed by atoms with Crippen molar-refractivity contribution in [1.82, 2.24) is 0 Å². The highest BCUT2D eigenvalue weighted by molar-refractivity contribution is 6.25. The number of benzene rings is 1. The van der Waals surface area contributed by atoms with Crippen LogP contribution in [0, 0.1) is 0 Å². The highest BCUT2D eigenvalue weighted by Gasteiger charge is 2.04. The molecule has 4 N–H and O–H groups in total. The van der Waals surface area contributed by atoms with Gasteiger partial charge in [-0.25, -0.2) is 0 Å². The lowest BCUT2D eigenvalue weighted by Gasteiger charge is -2.05.